The molecule has 0 saturated carbocycles. The first-order valence-electron chi connectivity index (χ1n) is 5.87. The predicted molar refractivity (Wildman–Crippen MR) is 75.8 cm³/mol. The second-order valence-electron chi connectivity index (χ2n) is 3.96. The number of rotatable bonds is 4. The van der Waals surface area contributed by atoms with Gasteiger partial charge in [0, 0.05) is 4.47 Å². The van der Waals surface area contributed by atoms with Crippen LogP contribution in [0.15, 0.2) is 53.0 Å². The highest BCUT2D eigenvalue weighted by Crippen LogP contribution is 2.26. The minimum absolute atomic E-state index is 0.621. The molecule has 2 rings (SSSR count). The van der Waals surface area contributed by atoms with Crippen molar-refractivity contribution in [2.75, 3.05) is 6.61 Å². The van der Waals surface area contributed by atoms with Crippen molar-refractivity contribution >= 4 is 15.9 Å². The van der Waals surface area contributed by atoms with Crippen LogP contribution in [0.5, 0.6) is 5.75 Å². The van der Waals surface area contributed by atoms with Crippen LogP contribution < -0.4 is 4.74 Å². The maximum Gasteiger partial charge on any atom is 0.119 e. The smallest absolute Gasteiger partial charge is 0.119 e. The molecule has 0 aliphatic rings. The van der Waals surface area contributed by atoms with Crippen molar-refractivity contribution in [3.8, 4) is 5.75 Å². The van der Waals surface area contributed by atoms with Crippen LogP contribution in [0, 0.1) is 0 Å². The molecule has 0 bridgehead atoms. The van der Waals surface area contributed by atoms with Gasteiger partial charge < -0.3 is 9.84 Å². The minimum Gasteiger partial charge on any atom is -0.494 e. The van der Waals surface area contributed by atoms with Gasteiger partial charge in [0.05, 0.1) is 6.61 Å². The van der Waals surface area contributed by atoms with Crippen LogP contribution >= 0.6 is 15.9 Å². The number of hydrogen-bond donors (Lipinski definition) is 1. The monoisotopic (exact) mass is 306 g/mol. The van der Waals surface area contributed by atoms with Gasteiger partial charge in [0.25, 0.3) is 0 Å². The number of aliphatic hydroxyl groups is 1. The molecule has 0 aliphatic carbocycles. The Balaban J connectivity index is 2.27. The highest BCUT2D eigenvalue weighted by Gasteiger charge is 2.11. The summed E-state index contributed by atoms with van der Waals surface area (Å²) in [5.74, 6) is 0.782. The second kappa shape index (κ2) is 6.03. The average Bonchev–Trinajstić information content (AvgIpc) is 2.39. The molecular formula is C15H15BrO2. The van der Waals surface area contributed by atoms with Crippen molar-refractivity contribution in [2.45, 2.75) is 13.0 Å². The summed E-state index contributed by atoms with van der Waals surface area (Å²) >= 11 is 3.41. The molecule has 94 valence electrons. The molecule has 18 heavy (non-hydrogen) atoms. The first kappa shape index (κ1) is 13.1. The van der Waals surface area contributed by atoms with Crippen LogP contribution in [0.3, 0.4) is 0 Å². The predicted octanol–water partition coefficient (Wildman–Crippen LogP) is 3.93. The zero-order valence-electron chi connectivity index (χ0n) is 10.1. The van der Waals surface area contributed by atoms with Gasteiger partial charge >= 0.3 is 0 Å². The van der Waals surface area contributed by atoms with Crippen LogP contribution in [0.1, 0.15) is 24.2 Å². The fraction of sp³-hybridized carbons (Fsp3) is 0.200. The summed E-state index contributed by atoms with van der Waals surface area (Å²) in [7, 11) is 0. The first-order chi connectivity index (χ1) is 8.70. The minimum atomic E-state index is -0.636. The van der Waals surface area contributed by atoms with E-state index in [0.717, 1.165) is 21.3 Å². The number of hydrogen-bond acceptors (Lipinski definition) is 2. The molecule has 1 N–H and O–H groups in total. The van der Waals surface area contributed by atoms with Gasteiger partial charge in [-0.15, -0.1) is 0 Å². The zero-order chi connectivity index (χ0) is 13.0. The molecule has 0 spiro atoms. The van der Waals surface area contributed by atoms with Crippen LogP contribution in [-0.4, -0.2) is 11.7 Å². The number of halogens is 1. The molecule has 3 heteroatoms. The summed E-state index contributed by atoms with van der Waals surface area (Å²) in [6, 6.07) is 15.2. The Labute approximate surface area is 115 Å². The van der Waals surface area contributed by atoms with E-state index in [9.17, 15) is 5.11 Å². The molecule has 0 amide bonds. The Morgan fingerprint density at radius 2 is 1.78 bits per heavy atom. The molecule has 2 nitrogen and oxygen atoms in total. The van der Waals surface area contributed by atoms with E-state index in [0.29, 0.717) is 6.61 Å². The summed E-state index contributed by atoms with van der Waals surface area (Å²) in [4.78, 5) is 0. The highest BCUT2D eigenvalue weighted by molar-refractivity contribution is 9.10. The molecule has 0 radical (unpaired) electrons. The summed E-state index contributed by atoms with van der Waals surface area (Å²) in [5.41, 5.74) is 1.69. The summed E-state index contributed by atoms with van der Waals surface area (Å²) < 4.78 is 6.39. The van der Waals surface area contributed by atoms with E-state index in [1.807, 2.05) is 55.5 Å². The molecule has 0 aliphatic heterocycles. The van der Waals surface area contributed by atoms with E-state index in [4.69, 9.17) is 4.74 Å². The molecule has 0 fully saturated rings. The molecule has 2 aromatic rings. The van der Waals surface area contributed by atoms with E-state index in [-0.39, 0.29) is 0 Å². The quantitative estimate of drug-likeness (QED) is 0.927. The van der Waals surface area contributed by atoms with Gasteiger partial charge in [0.2, 0.25) is 0 Å². The molecule has 0 saturated heterocycles. The average molecular weight is 307 g/mol. The standard InChI is InChI=1S/C15H15BrO2/c1-2-18-14-8-4-6-12(10-14)15(17)11-5-3-7-13(16)9-11/h3-10,15,17H,2H2,1H3. The van der Waals surface area contributed by atoms with Crippen molar-refractivity contribution in [2.24, 2.45) is 0 Å². The SMILES string of the molecule is CCOc1cccc(C(O)c2cccc(Br)c2)c1. The van der Waals surface area contributed by atoms with Crippen LogP contribution in [-0.2, 0) is 0 Å². The highest BCUT2D eigenvalue weighted by atomic mass is 79.9. The normalized spacial score (nSPS) is 12.2. The van der Waals surface area contributed by atoms with Crippen molar-refractivity contribution in [3.05, 3.63) is 64.1 Å². The van der Waals surface area contributed by atoms with Gasteiger partial charge in [-0.25, -0.2) is 0 Å². The molecule has 0 aromatic heterocycles. The van der Waals surface area contributed by atoms with Gasteiger partial charge in [0.1, 0.15) is 11.9 Å². The van der Waals surface area contributed by atoms with Crippen molar-refractivity contribution in [1.29, 1.82) is 0 Å². The lowest BCUT2D eigenvalue weighted by Gasteiger charge is -2.13. The van der Waals surface area contributed by atoms with E-state index >= 15 is 0 Å². The maximum atomic E-state index is 10.3. The lowest BCUT2D eigenvalue weighted by molar-refractivity contribution is 0.219. The third kappa shape index (κ3) is 3.12. The third-order valence-electron chi connectivity index (χ3n) is 2.65. The van der Waals surface area contributed by atoms with Crippen LogP contribution in [0.4, 0.5) is 0 Å². The third-order valence-corrected chi connectivity index (χ3v) is 3.14. The lowest BCUT2D eigenvalue weighted by atomic mass is 10.0. The lowest BCUT2D eigenvalue weighted by Crippen LogP contribution is -2.00. The fourth-order valence-corrected chi connectivity index (χ4v) is 2.23. The Morgan fingerprint density at radius 3 is 2.44 bits per heavy atom. The molecule has 1 unspecified atom stereocenters. The van der Waals surface area contributed by atoms with E-state index in [1.54, 1.807) is 0 Å². The Hall–Kier alpha value is -1.32. The Kier molecular flexibility index (Phi) is 4.39. The van der Waals surface area contributed by atoms with Gasteiger partial charge in [-0.3, -0.25) is 0 Å². The van der Waals surface area contributed by atoms with Crippen molar-refractivity contribution in [3.63, 3.8) is 0 Å². The number of ether oxygens (including phenoxy) is 1. The van der Waals surface area contributed by atoms with E-state index < -0.39 is 6.10 Å². The zero-order valence-corrected chi connectivity index (χ0v) is 11.7. The largest absolute Gasteiger partial charge is 0.494 e. The topological polar surface area (TPSA) is 29.5 Å². The summed E-state index contributed by atoms with van der Waals surface area (Å²) in [5, 5.41) is 10.3. The maximum absolute atomic E-state index is 10.3. The molecule has 0 heterocycles. The number of benzene rings is 2. The first-order valence-corrected chi connectivity index (χ1v) is 6.66. The van der Waals surface area contributed by atoms with Gasteiger partial charge in [0.15, 0.2) is 0 Å². The van der Waals surface area contributed by atoms with Crippen LogP contribution in [0.2, 0.25) is 0 Å². The van der Waals surface area contributed by atoms with Crippen molar-refractivity contribution in [1.82, 2.24) is 0 Å². The fourth-order valence-electron chi connectivity index (χ4n) is 1.81. The summed E-state index contributed by atoms with van der Waals surface area (Å²) in [6.07, 6.45) is -0.636. The summed E-state index contributed by atoms with van der Waals surface area (Å²) in [6.45, 7) is 2.56. The Morgan fingerprint density at radius 1 is 1.11 bits per heavy atom. The van der Waals surface area contributed by atoms with E-state index in [2.05, 4.69) is 15.9 Å². The molecule has 2 aromatic carbocycles. The van der Waals surface area contributed by atoms with Gasteiger partial charge in [-0.2, -0.15) is 0 Å². The Bertz CT molecular complexity index is 525. The van der Waals surface area contributed by atoms with Gasteiger partial charge in [-0.05, 0) is 42.3 Å². The number of aliphatic hydroxyl groups excluding tert-OH is 1. The van der Waals surface area contributed by atoms with E-state index in [1.165, 1.54) is 0 Å². The van der Waals surface area contributed by atoms with Gasteiger partial charge in [-0.1, -0.05) is 40.2 Å². The van der Waals surface area contributed by atoms with Crippen LogP contribution in [0.25, 0.3) is 0 Å². The van der Waals surface area contributed by atoms with Crippen molar-refractivity contribution < 1.29 is 9.84 Å². The molecular weight excluding hydrogens is 292 g/mol. The molecule has 1 atom stereocenters. The second-order valence-corrected chi connectivity index (χ2v) is 4.88.